The number of aromatic nitrogens is 12. The molecule has 9 aromatic rings. The molecule has 0 amide bonds. The molecule has 0 aliphatic carbocycles. The summed E-state index contributed by atoms with van der Waals surface area (Å²) in [4.78, 5) is 83.0. The maximum absolute atomic E-state index is 12.2. The van der Waals surface area contributed by atoms with Gasteiger partial charge in [0.2, 0.25) is 0 Å². The Balaban J connectivity index is 0.000000236. The van der Waals surface area contributed by atoms with Gasteiger partial charge in [-0.15, -0.1) is 11.8 Å². The summed E-state index contributed by atoms with van der Waals surface area (Å²) in [5.74, 6) is 4.09. The second-order valence-corrected chi connectivity index (χ2v) is 20.6. The number of rotatable bonds is 15. The van der Waals surface area contributed by atoms with Gasteiger partial charge in [0.25, 0.3) is 5.56 Å². The molecule has 0 saturated heterocycles. The number of carbonyl (C=O) groups is 1. The Labute approximate surface area is 452 Å². The largest absolute Gasteiger partial charge is 0.335 e. The van der Waals surface area contributed by atoms with E-state index in [9.17, 15) is 24.0 Å². The summed E-state index contributed by atoms with van der Waals surface area (Å²) in [5, 5.41) is 1.51. The highest BCUT2D eigenvalue weighted by Crippen LogP contribution is 2.23. The number of hydrogen-bond acceptors (Lipinski definition) is 13. The van der Waals surface area contributed by atoms with Gasteiger partial charge in [0.05, 0.1) is 5.75 Å². The van der Waals surface area contributed by atoms with Gasteiger partial charge in [0, 0.05) is 71.5 Å². The van der Waals surface area contributed by atoms with Crippen molar-refractivity contribution in [3.63, 3.8) is 0 Å². The summed E-state index contributed by atoms with van der Waals surface area (Å²) in [5.41, 5.74) is 6.79. The third-order valence-electron chi connectivity index (χ3n) is 11.5. The summed E-state index contributed by atoms with van der Waals surface area (Å²) in [6.07, 6.45) is 3.37. The molecule has 0 unspecified atom stereocenters. The van der Waals surface area contributed by atoms with Crippen molar-refractivity contribution in [2.24, 2.45) is 42.3 Å². The van der Waals surface area contributed by atoms with Crippen LogP contribution in [0.4, 0.5) is 0 Å². The average Bonchev–Trinajstić information content (AvgIpc) is 4.15. The molecule has 17 nitrogen and oxygen atoms in total. The lowest BCUT2D eigenvalue weighted by Crippen LogP contribution is -2.36. The molecule has 74 heavy (non-hydrogen) atoms. The van der Waals surface area contributed by atoms with Crippen molar-refractivity contribution in [3.05, 3.63) is 164 Å². The van der Waals surface area contributed by atoms with Crippen LogP contribution in [0.2, 0.25) is 0 Å². The van der Waals surface area contributed by atoms with E-state index in [0.29, 0.717) is 60.4 Å². The van der Waals surface area contributed by atoms with Crippen LogP contribution in [-0.2, 0) is 60.2 Å². The molecule has 394 valence electrons. The van der Waals surface area contributed by atoms with Crippen LogP contribution < -0.4 is 22.6 Å². The van der Waals surface area contributed by atoms with E-state index in [2.05, 4.69) is 66.3 Å². The monoisotopic (exact) mass is 1100 g/mol. The van der Waals surface area contributed by atoms with E-state index in [1.54, 1.807) is 58.8 Å². The van der Waals surface area contributed by atoms with E-state index in [0.717, 1.165) is 62.9 Å². The lowest BCUT2D eigenvalue weighted by molar-refractivity contribution is 0.0982. The predicted octanol–water partition coefficient (Wildman–Crippen LogP) is 9.75. The Morgan fingerprint density at radius 2 is 1.00 bits per heavy atom. The second kappa shape index (κ2) is 27.3. The fraction of sp³-hybridized carbons (Fsp3) is 0.346. The van der Waals surface area contributed by atoms with Crippen molar-refractivity contribution in [3.8, 4) is 0 Å². The Morgan fingerprint density at radius 1 is 0.541 bits per heavy atom. The number of hydrogen-bond donors (Lipinski definition) is 3. The van der Waals surface area contributed by atoms with Gasteiger partial charge in [0.15, 0.2) is 33.0 Å². The zero-order valence-corrected chi connectivity index (χ0v) is 44.4. The van der Waals surface area contributed by atoms with Crippen LogP contribution in [0.25, 0.3) is 33.5 Å². The maximum atomic E-state index is 12.2. The van der Waals surface area contributed by atoms with Gasteiger partial charge in [-0.05, 0) is 37.3 Å². The molecule has 0 aliphatic heterocycles. The van der Waals surface area contributed by atoms with Crippen molar-refractivity contribution in [1.82, 2.24) is 57.3 Å². The zero-order chi connectivity index (χ0) is 50.9. The van der Waals surface area contributed by atoms with Crippen LogP contribution in [0.5, 0.6) is 0 Å². The molecule has 0 atom stereocenters. The minimum Gasteiger partial charge on any atom is -0.335 e. The standard InChI is InChI=1S/C18H20N4O2S2.C16H18N4OS2.C15H16N4O2S.3CH4/c1-11-6-8-12(9-7-11)13(23)5-4-10-26-17-19-14-15(20-17)21(2)18(24)22(3)16(14)25;1-19-13-12(14(22)20(2)16(19)21)17-15(18-13)23-10-6-9-11-7-4-3-5-8-11;1-18-13-12(14(20)19(2)15(18)21)16-11(17-13)9-22-8-10-6-4-3-5-7-10;;;/h6-9H,4-5,10H2,1-3H3,(H,19,20);3-5,7-8H,6,9-10H2,1-2H3,(H,17,18);3-7H,8-9H2,1-2H3,(H,16,17);3*1H4. The number of imidazole rings is 3. The van der Waals surface area contributed by atoms with Crippen molar-refractivity contribution < 1.29 is 4.79 Å². The highest BCUT2D eigenvalue weighted by atomic mass is 32.2. The van der Waals surface area contributed by atoms with E-state index in [1.807, 2.05) is 55.5 Å². The quantitative estimate of drug-likeness (QED) is 0.0380. The van der Waals surface area contributed by atoms with Gasteiger partial charge in [-0.25, -0.2) is 29.3 Å². The van der Waals surface area contributed by atoms with Crippen molar-refractivity contribution in [1.29, 1.82) is 0 Å². The van der Waals surface area contributed by atoms with Crippen LogP contribution in [0, 0.1) is 16.2 Å². The third kappa shape index (κ3) is 14.1. The summed E-state index contributed by atoms with van der Waals surface area (Å²) in [6.45, 7) is 2.00. The number of thioether (sulfide) groups is 3. The molecule has 22 heteroatoms. The number of H-pyrrole nitrogens is 3. The number of carbonyl (C=O) groups excluding carboxylic acids is 1. The first-order chi connectivity index (χ1) is 34.0. The second-order valence-electron chi connectivity index (χ2n) is 16.6. The molecule has 0 fully saturated rings. The molecular formula is C52H66N12O5S5. The molecule has 0 radical (unpaired) electrons. The molecule has 0 saturated carbocycles. The van der Waals surface area contributed by atoms with Crippen molar-refractivity contribution in [2.45, 2.75) is 76.7 Å². The van der Waals surface area contributed by atoms with Crippen LogP contribution >= 0.6 is 59.7 Å². The first kappa shape index (κ1) is 60.2. The lowest BCUT2D eigenvalue weighted by Gasteiger charge is -2.02. The van der Waals surface area contributed by atoms with Gasteiger partial charge in [-0.2, -0.15) is 0 Å². The number of aryl methyl sites for hydroxylation is 5. The summed E-state index contributed by atoms with van der Waals surface area (Å²) in [6, 6.07) is 28.2. The van der Waals surface area contributed by atoms with Gasteiger partial charge in [0.1, 0.15) is 31.7 Å². The molecule has 9 rings (SSSR count). The minimum atomic E-state index is -0.368. The Morgan fingerprint density at radius 3 is 1.51 bits per heavy atom. The number of ketones is 1. The van der Waals surface area contributed by atoms with Crippen LogP contribution in [0.1, 0.15) is 74.4 Å². The van der Waals surface area contributed by atoms with E-state index in [1.165, 1.54) is 52.8 Å². The number of aromatic amines is 3. The third-order valence-corrected chi connectivity index (χ3v) is 15.4. The van der Waals surface area contributed by atoms with E-state index >= 15 is 0 Å². The SMILES string of the molecule is C.C.C.Cc1ccc(C(=O)CCCSc2nc3c([nH]2)c(=S)n(C)c(=O)n3C)cc1.Cn1c(=O)c2[nH]c(CSCc3ccccc3)nc2n(C)c1=O.Cn1c(=S)c2[nH]c(SCCCc3ccccc3)nc2n(C)c1=O. The number of benzene rings is 3. The summed E-state index contributed by atoms with van der Waals surface area (Å²) < 4.78 is 9.29. The van der Waals surface area contributed by atoms with Crippen LogP contribution in [0.15, 0.2) is 114 Å². The molecule has 3 N–H and O–H groups in total. The first-order valence-electron chi connectivity index (χ1n) is 22.5. The molecular weight excluding hydrogens is 1030 g/mol. The Bertz CT molecular complexity index is 3720. The van der Waals surface area contributed by atoms with E-state index < -0.39 is 0 Å². The minimum absolute atomic E-state index is 0. The highest BCUT2D eigenvalue weighted by molar-refractivity contribution is 7.99. The molecule has 0 bridgehead atoms. The zero-order valence-electron chi connectivity index (χ0n) is 40.3. The van der Waals surface area contributed by atoms with E-state index in [4.69, 9.17) is 24.4 Å². The fourth-order valence-corrected chi connectivity index (χ4v) is 10.3. The Hall–Kier alpha value is -6.33. The normalized spacial score (nSPS) is 10.7. The summed E-state index contributed by atoms with van der Waals surface area (Å²) >= 11 is 15.5. The number of Topliss-reactive ketones (excluding diaryl/α,β-unsaturated/α-hetero) is 1. The molecule has 0 spiro atoms. The maximum Gasteiger partial charge on any atom is 0.332 e. The van der Waals surface area contributed by atoms with Crippen molar-refractivity contribution >= 4 is 99.0 Å². The van der Waals surface area contributed by atoms with Gasteiger partial charge < -0.3 is 15.0 Å². The van der Waals surface area contributed by atoms with Gasteiger partial charge >= 0.3 is 17.1 Å². The smallest absolute Gasteiger partial charge is 0.332 e. The number of nitrogens with one attached hydrogen (secondary N) is 3. The molecule has 6 aromatic heterocycles. The van der Waals surface area contributed by atoms with Crippen LogP contribution in [0.3, 0.4) is 0 Å². The number of nitrogens with zero attached hydrogens (tertiary/aromatic N) is 9. The predicted molar refractivity (Wildman–Crippen MR) is 311 cm³/mol. The number of fused-ring (bicyclic) bond motifs is 3. The van der Waals surface area contributed by atoms with Gasteiger partial charge in [-0.3, -0.25) is 37.0 Å². The first-order valence-corrected chi connectivity index (χ1v) is 26.4. The molecule has 3 aromatic carbocycles. The average molecular weight is 1100 g/mol. The highest BCUT2D eigenvalue weighted by Gasteiger charge is 2.15. The van der Waals surface area contributed by atoms with Gasteiger partial charge in [-0.1, -0.05) is 161 Å². The fourth-order valence-electron chi connectivity index (χ4n) is 7.40. The lowest BCUT2D eigenvalue weighted by atomic mass is 10.1. The summed E-state index contributed by atoms with van der Waals surface area (Å²) in [7, 11) is 9.80. The Kier molecular flexibility index (Phi) is 22.2. The van der Waals surface area contributed by atoms with E-state index in [-0.39, 0.29) is 50.7 Å². The molecule has 0 aliphatic rings. The topological polar surface area (TPSA) is 201 Å². The van der Waals surface area contributed by atoms with Crippen LogP contribution in [-0.4, -0.2) is 74.6 Å². The van der Waals surface area contributed by atoms with Crippen molar-refractivity contribution in [2.75, 3.05) is 11.5 Å². The molecule has 6 heterocycles.